The fourth-order valence-electron chi connectivity index (χ4n) is 2.48. The van der Waals surface area contributed by atoms with Crippen LogP contribution < -0.4 is 5.30 Å². The van der Waals surface area contributed by atoms with Gasteiger partial charge >= 0.3 is 0 Å². The average Bonchev–Trinajstić information content (AvgIpc) is 2.12. The van der Waals surface area contributed by atoms with Crippen molar-refractivity contribution in [1.29, 1.82) is 0 Å². The molecule has 0 saturated heterocycles. The highest BCUT2D eigenvalue weighted by Crippen LogP contribution is 2.36. The molecule has 0 spiro atoms. The van der Waals surface area contributed by atoms with Gasteiger partial charge in [0.25, 0.3) is 0 Å². The van der Waals surface area contributed by atoms with Crippen LogP contribution in [-0.2, 0) is 0 Å². The second-order valence-corrected chi connectivity index (χ2v) is 20.6. The molecular formula is C13H25OPSi2. The third-order valence-electron chi connectivity index (χ3n) is 2.94. The Morgan fingerprint density at radius 2 is 1.41 bits per heavy atom. The molecule has 0 fully saturated rings. The molecule has 1 aromatic carbocycles. The number of para-hydroxylation sites is 1. The van der Waals surface area contributed by atoms with E-state index in [1.54, 1.807) is 0 Å². The van der Waals surface area contributed by atoms with Gasteiger partial charge in [-0.25, -0.2) is 0 Å². The first-order valence-corrected chi connectivity index (χ1v) is 14.4. The number of hydrogen-bond acceptors (Lipinski definition) is 1. The lowest BCUT2D eigenvalue weighted by molar-refractivity contribution is 0.480. The highest BCUT2D eigenvalue weighted by molar-refractivity contribution is 7.56. The molecule has 0 aliphatic heterocycles. The number of phenols is 1. The Balaban J connectivity index is 3.00. The molecule has 4 heteroatoms. The standard InChI is InChI=1S/C13H25OPSi2/c1-16(2,3)13(17(4,5)6)15-12-10-8-7-9-11(12)14/h7-10,13-15H,1-6H3. The normalized spacial score (nSPS) is 13.8. The predicted octanol–water partition coefficient (Wildman–Crippen LogP) is 3.82. The van der Waals surface area contributed by atoms with Crippen molar-refractivity contribution in [2.45, 2.75) is 44.2 Å². The first kappa shape index (κ1) is 14.9. The Morgan fingerprint density at radius 3 is 1.82 bits per heavy atom. The Hall–Kier alpha value is -0.116. The topological polar surface area (TPSA) is 20.2 Å². The van der Waals surface area contributed by atoms with Gasteiger partial charge in [-0.2, -0.15) is 0 Å². The maximum Gasteiger partial charge on any atom is 0.122 e. The smallest absolute Gasteiger partial charge is 0.122 e. The fourth-order valence-corrected chi connectivity index (χ4v) is 18.0. The molecule has 1 N–H and O–H groups in total. The zero-order chi connectivity index (χ0) is 13.3. The molecule has 1 aromatic rings. The van der Waals surface area contributed by atoms with Gasteiger partial charge in [0.2, 0.25) is 0 Å². The summed E-state index contributed by atoms with van der Waals surface area (Å²) in [5.74, 6) is 0.479. The van der Waals surface area contributed by atoms with E-state index >= 15 is 0 Å². The molecule has 1 nitrogen and oxygen atoms in total. The van der Waals surface area contributed by atoms with Gasteiger partial charge in [0.05, 0.1) is 0 Å². The van der Waals surface area contributed by atoms with Crippen molar-refractivity contribution in [3.63, 3.8) is 0 Å². The molecule has 0 radical (unpaired) electrons. The van der Waals surface area contributed by atoms with Crippen LogP contribution in [0.15, 0.2) is 24.3 Å². The molecule has 1 atom stereocenters. The average molecular weight is 284 g/mol. The molecule has 0 saturated carbocycles. The summed E-state index contributed by atoms with van der Waals surface area (Å²) in [4.78, 5) is 0.836. The van der Waals surface area contributed by atoms with E-state index in [9.17, 15) is 5.11 Å². The maximum atomic E-state index is 9.93. The van der Waals surface area contributed by atoms with Crippen LogP contribution in [0.1, 0.15) is 0 Å². The van der Waals surface area contributed by atoms with Crippen molar-refractivity contribution in [3.8, 4) is 5.75 Å². The zero-order valence-corrected chi connectivity index (χ0v) is 14.8. The van der Waals surface area contributed by atoms with Crippen LogP contribution in [0, 0.1) is 0 Å². The summed E-state index contributed by atoms with van der Waals surface area (Å²) < 4.78 is 0. The summed E-state index contributed by atoms with van der Waals surface area (Å²) in [6.07, 6.45) is 0. The van der Waals surface area contributed by atoms with E-state index in [2.05, 4.69) is 45.3 Å². The number of benzene rings is 1. The number of rotatable bonds is 4. The van der Waals surface area contributed by atoms with E-state index in [1.807, 2.05) is 18.2 Å². The third-order valence-corrected chi connectivity index (χ3v) is 18.7. The lowest BCUT2D eigenvalue weighted by Gasteiger charge is -2.38. The largest absolute Gasteiger partial charge is 0.507 e. The van der Waals surface area contributed by atoms with Gasteiger partial charge < -0.3 is 5.11 Å². The molecule has 0 heterocycles. The quantitative estimate of drug-likeness (QED) is 0.658. The van der Waals surface area contributed by atoms with Crippen LogP contribution in [0.25, 0.3) is 0 Å². The second kappa shape index (κ2) is 5.25. The Morgan fingerprint density at radius 1 is 0.941 bits per heavy atom. The molecule has 0 amide bonds. The first-order chi connectivity index (χ1) is 7.62. The SMILES string of the molecule is C[Si](C)(C)C(Pc1ccccc1O)[Si](C)(C)C. The van der Waals surface area contributed by atoms with Gasteiger partial charge in [-0.05, 0) is 11.0 Å². The fraction of sp³-hybridized carbons (Fsp3) is 0.538. The molecule has 0 aliphatic rings. The van der Waals surface area contributed by atoms with Crippen LogP contribution in [0.4, 0.5) is 0 Å². The predicted molar refractivity (Wildman–Crippen MR) is 86.5 cm³/mol. The first-order valence-electron chi connectivity index (χ1n) is 6.17. The van der Waals surface area contributed by atoms with Crippen molar-refractivity contribution < 1.29 is 5.11 Å². The number of hydrogen-bond donors (Lipinski definition) is 1. The summed E-state index contributed by atoms with van der Waals surface area (Å²) in [6.45, 7) is 14.8. The molecular weight excluding hydrogens is 259 g/mol. The molecule has 0 aromatic heterocycles. The van der Waals surface area contributed by atoms with Gasteiger partial charge in [-0.3, -0.25) is 0 Å². The Labute approximate surface area is 109 Å². The van der Waals surface area contributed by atoms with E-state index in [0.717, 1.165) is 18.8 Å². The van der Waals surface area contributed by atoms with Crippen LogP contribution in [0.5, 0.6) is 5.75 Å². The summed E-state index contributed by atoms with van der Waals surface area (Å²) in [5.41, 5.74) is 0. The second-order valence-electron chi connectivity index (χ2n) is 6.83. The lowest BCUT2D eigenvalue weighted by Crippen LogP contribution is -2.51. The minimum absolute atomic E-state index is 0.479. The van der Waals surface area contributed by atoms with Crippen LogP contribution in [-0.4, -0.2) is 26.2 Å². The summed E-state index contributed by atoms with van der Waals surface area (Å²) in [6, 6.07) is 7.84. The minimum Gasteiger partial charge on any atom is -0.507 e. The van der Waals surface area contributed by atoms with Gasteiger partial charge in [0, 0.05) is 21.5 Å². The van der Waals surface area contributed by atoms with Crippen LogP contribution in [0.3, 0.4) is 0 Å². The van der Waals surface area contributed by atoms with Gasteiger partial charge in [-0.1, -0.05) is 66.1 Å². The van der Waals surface area contributed by atoms with E-state index < -0.39 is 16.1 Å². The van der Waals surface area contributed by atoms with Crippen LogP contribution >= 0.6 is 8.58 Å². The third kappa shape index (κ3) is 4.24. The van der Waals surface area contributed by atoms with Gasteiger partial charge in [0.1, 0.15) is 5.75 Å². The van der Waals surface area contributed by atoms with Crippen molar-refractivity contribution in [2.24, 2.45) is 0 Å². The maximum absolute atomic E-state index is 9.93. The lowest BCUT2D eigenvalue weighted by atomic mass is 10.3. The number of aromatic hydroxyl groups is 1. The van der Waals surface area contributed by atoms with E-state index in [4.69, 9.17) is 0 Å². The minimum atomic E-state index is -1.16. The molecule has 1 rings (SSSR count). The monoisotopic (exact) mass is 284 g/mol. The van der Waals surface area contributed by atoms with E-state index in [1.165, 1.54) is 0 Å². The Bertz CT molecular complexity index is 366. The summed E-state index contributed by atoms with van der Waals surface area (Å²) >= 11 is 0. The summed E-state index contributed by atoms with van der Waals surface area (Å²) in [5, 5.41) is 11.1. The van der Waals surface area contributed by atoms with Gasteiger partial charge in [-0.15, -0.1) is 0 Å². The van der Waals surface area contributed by atoms with Crippen molar-refractivity contribution >= 4 is 30.0 Å². The van der Waals surface area contributed by atoms with Crippen LogP contribution in [0.2, 0.25) is 39.3 Å². The van der Waals surface area contributed by atoms with Crippen molar-refractivity contribution in [2.75, 3.05) is 0 Å². The molecule has 0 aliphatic carbocycles. The molecule has 17 heavy (non-hydrogen) atoms. The Kier molecular flexibility index (Phi) is 4.62. The highest BCUT2D eigenvalue weighted by atomic mass is 31.1. The highest BCUT2D eigenvalue weighted by Gasteiger charge is 2.37. The zero-order valence-electron chi connectivity index (χ0n) is 11.8. The van der Waals surface area contributed by atoms with Crippen molar-refractivity contribution in [1.82, 2.24) is 0 Å². The molecule has 1 unspecified atom stereocenters. The van der Waals surface area contributed by atoms with Gasteiger partial charge in [0.15, 0.2) is 0 Å². The molecule has 96 valence electrons. The summed E-state index contributed by atoms with van der Waals surface area (Å²) in [7, 11) is -1.56. The van der Waals surface area contributed by atoms with E-state index in [-0.39, 0.29) is 0 Å². The van der Waals surface area contributed by atoms with Crippen molar-refractivity contribution in [3.05, 3.63) is 24.3 Å². The molecule has 0 bridgehead atoms. The number of phenolic OH excluding ortho intramolecular Hbond substituents is 1. The van der Waals surface area contributed by atoms with E-state index in [0.29, 0.717) is 5.75 Å².